The van der Waals surface area contributed by atoms with Crippen molar-refractivity contribution < 1.29 is 19.1 Å². The highest BCUT2D eigenvalue weighted by atomic mass is 19.1. The molecule has 0 bridgehead atoms. The monoisotopic (exact) mass is 252 g/mol. The van der Waals surface area contributed by atoms with Crippen molar-refractivity contribution >= 4 is 11.9 Å². The first-order valence-electron chi connectivity index (χ1n) is 5.54. The summed E-state index contributed by atoms with van der Waals surface area (Å²) in [5, 5.41) is 11.6. The van der Waals surface area contributed by atoms with E-state index in [-0.39, 0.29) is 24.8 Å². The molecule has 1 amide bonds. The summed E-state index contributed by atoms with van der Waals surface area (Å²) in [6.07, 6.45) is 0. The van der Waals surface area contributed by atoms with Crippen molar-refractivity contribution in [3.8, 4) is 0 Å². The summed E-state index contributed by atoms with van der Waals surface area (Å²) in [6, 6.07) is 5.05. The van der Waals surface area contributed by atoms with E-state index in [1.54, 1.807) is 17.0 Å². The lowest BCUT2D eigenvalue weighted by atomic mass is 10.1. The van der Waals surface area contributed by atoms with Gasteiger partial charge in [0.15, 0.2) is 0 Å². The van der Waals surface area contributed by atoms with Crippen LogP contribution in [0.2, 0.25) is 0 Å². The predicted octanol–water partition coefficient (Wildman–Crippen LogP) is 0.211. The van der Waals surface area contributed by atoms with Crippen molar-refractivity contribution in [2.75, 3.05) is 13.1 Å². The van der Waals surface area contributed by atoms with Gasteiger partial charge in [0.1, 0.15) is 11.9 Å². The zero-order valence-electron chi connectivity index (χ0n) is 9.60. The topological polar surface area (TPSA) is 69.6 Å². The second-order valence-corrected chi connectivity index (χ2v) is 4.19. The van der Waals surface area contributed by atoms with E-state index in [2.05, 4.69) is 5.32 Å². The van der Waals surface area contributed by atoms with Gasteiger partial charge in [-0.25, -0.2) is 4.39 Å². The van der Waals surface area contributed by atoms with Crippen LogP contribution in [0.5, 0.6) is 0 Å². The molecule has 1 aromatic carbocycles. The molecule has 18 heavy (non-hydrogen) atoms. The predicted molar refractivity (Wildman–Crippen MR) is 61.2 cm³/mol. The summed E-state index contributed by atoms with van der Waals surface area (Å²) < 4.78 is 12.8. The number of piperazine rings is 1. The first-order chi connectivity index (χ1) is 8.56. The summed E-state index contributed by atoms with van der Waals surface area (Å²) in [5.74, 6) is -1.52. The molecular formula is C12H13FN2O3. The van der Waals surface area contributed by atoms with Gasteiger partial charge < -0.3 is 10.4 Å². The second kappa shape index (κ2) is 5.14. The maximum atomic E-state index is 12.8. The fraction of sp³-hybridized carbons (Fsp3) is 0.333. The number of rotatable bonds is 3. The third-order valence-electron chi connectivity index (χ3n) is 2.86. The van der Waals surface area contributed by atoms with Gasteiger partial charge in [0.05, 0.1) is 6.54 Å². The molecule has 5 nitrogen and oxygen atoms in total. The zero-order chi connectivity index (χ0) is 13.1. The molecule has 1 unspecified atom stereocenters. The van der Waals surface area contributed by atoms with Crippen LogP contribution in [0, 0.1) is 5.82 Å². The Balaban J connectivity index is 2.11. The van der Waals surface area contributed by atoms with Gasteiger partial charge in [-0.1, -0.05) is 12.1 Å². The van der Waals surface area contributed by atoms with Crippen LogP contribution in [0.1, 0.15) is 5.56 Å². The van der Waals surface area contributed by atoms with Crippen LogP contribution in [0.3, 0.4) is 0 Å². The number of carboxylic acids is 1. The van der Waals surface area contributed by atoms with Crippen LogP contribution in [-0.4, -0.2) is 41.0 Å². The van der Waals surface area contributed by atoms with Gasteiger partial charge in [-0.3, -0.25) is 14.5 Å². The van der Waals surface area contributed by atoms with E-state index >= 15 is 0 Å². The quantitative estimate of drug-likeness (QED) is 0.807. The zero-order valence-corrected chi connectivity index (χ0v) is 9.60. The molecule has 0 radical (unpaired) electrons. The summed E-state index contributed by atoms with van der Waals surface area (Å²) in [4.78, 5) is 23.9. The lowest BCUT2D eigenvalue weighted by Gasteiger charge is -2.32. The standard InChI is InChI=1S/C12H13FN2O3/c13-9-3-1-8(2-4-9)6-15-7-11(16)14-5-10(15)12(17)18/h1-4,10H,5-7H2,(H,14,16)(H,17,18). The Kier molecular flexibility index (Phi) is 3.57. The molecule has 0 aromatic heterocycles. The molecule has 0 spiro atoms. The highest BCUT2D eigenvalue weighted by Crippen LogP contribution is 2.11. The van der Waals surface area contributed by atoms with Crippen molar-refractivity contribution in [1.82, 2.24) is 10.2 Å². The van der Waals surface area contributed by atoms with Crippen LogP contribution < -0.4 is 5.32 Å². The van der Waals surface area contributed by atoms with Gasteiger partial charge in [0.2, 0.25) is 5.91 Å². The second-order valence-electron chi connectivity index (χ2n) is 4.19. The molecule has 2 N–H and O–H groups in total. The van der Waals surface area contributed by atoms with Gasteiger partial charge in [-0.05, 0) is 17.7 Å². The minimum Gasteiger partial charge on any atom is -0.480 e. The molecule has 6 heteroatoms. The Labute approximate surface area is 103 Å². The van der Waals surface area contributed by atoms with Gasteiger partial charge >= 0.3 is 5.97 Å². The van der Waals surface area contributed by atoms with E-state index in [9.17, 15) is 14.0 Å². The number of aliphatic carboxylic acids is 1. The molecule has 96 valence electrons. The number of carbonyl (C=O) groups is 2. The summed E-state index contributed by atoms with van der Waals surface area (Å²) in [5.41, 5.74) is 0.775. The average molecular weight is 252 g/mol. The number of nitrogens with zero attached hydrogens (tertiary/aromatic N) is 1. The molecule has 1 atom stereocenters. The van der Waals surface area contributed by atoms with Crippen molar-refractivity contribution in [1.29, 1.82) is 0 Å². The highest BCUT2D eigenvalue weighted by Gasteiger charge is 2.31. The fourth-order valence-electron chi connectivity index (χ4n) is 1.92. The van der Waals surface area contributed by atoms with E-state index in [1.807, 2.05) is 0 Å². The Morgan fingerprint density at radius 3 is 2.72 bits per heavy atom. The molecule has 1 fully saturated rings. The van der Waals surface area contributed by atoms with E-state index in [1.165, 1.54) is 12.1 Å². The molecule has 1 aliphatic rings. The lowest BCUT2D eigenvalue weighted by Crippen LogP contribution is -2.56. The van der Waals surface area contributed by atoms with Gasteiger partial charge in [-0.15, -0.1) is 0 Å². The number of halogens is 1. The van der Waals surface area contributed by atoms with Gasteiger partial charge in [-0.2, -0.15) is 0 Å². The molecule has 1 saturated heterocycles. The van der Waals surface area contributed by atoms with Crippen molar-refractivity contribution in [3.63, 3.8) is 0 Å². The number of amides is 1. The van der Waals surface area contributed by atoms with E-state index in [0.29, 0.717) is 6.54 Å². The number of benzene rings is 1. The first kappa shape index (κ1) is 12.5. The molecular weight excluding hydrogens is 239 g/mol. The SMILES string of the molecule is O=C1CN(Cc2ccc(F)cc2)C(C(=O)O)CN1. The fourth-order valence-corrected chi connectivity index (χ4v) is 1.92. The molecule has 1 heterocycles. The summed E-state index contributed by atoms with van der Waals surface area (Å²) in [6.45, 7) is 0.439. The van der Waals surface area contributed by atoms with Crippen LogP contribution in [0.25, 0.3) is 0 Å². The Hall–Kier alpha value is -1.95. The number of hydrogen-bond donors (Lipinski definition) is 2. The van der Waals surface area contributed by atoms with E-state index in [4.69, 9.17) is 5.11 Å². The minimum absolute atomic E-state index is 0.0361. The minimum atomic E-state index is -0.975. The highest BCUT2D eigenvalue weighted by molar-refractivity contribution is 5.83. The largest absolute Gasteiger partial charge is 0.480 e. The average Bonchev–Trinajstić information content (AvgIpc) is 2.32. The summed E-state index contributed by atoms with van der Waals surface area (Å²) >= 11 is 0. The molecule has 1 aliphatic heterocycles. The third-order valence-corrected chi connectivity index (χ3v) is 2.86. The Morgan fingerprint density at radius 1 is 1.44 bits per heavy atom. The Morgan fingerprint density at radius 2 is 2.11 bits per heavy atom. The van der Waals surface area contributed by atoms with Crippen molar-refractivity contribution in [2.24, 2.45) is 0 Å². The van der Waals surface area contributed by atoms with Gasteiger partial charge in [0, 0.05) is 13.1 Å². The summed E-state index contributed by atoms with van der Waals surface area (Å²) in [7, 11) is 0. The van der Waals surface area contributed by atoms with Crippen molar-refractivity contribution in [3.05, 3.63) is 35.6 Å². The van der Waals surface area contributed by atoms with Crippen LogP contribution in [0.15, 0.2) is 24.3 Å². The van der Waals surface area contributed by atoms with Crippen molar-refractivity contribution in [2.45, 2.75) is 12.6 Å². The maximum absolute atomic E-state index is 12.8. The number of nitrogens with one attached hydrogen (secondary N) is 1. The molecule has 1 aromatic rings. The van der Waals surface area contributed by atoms with E-state index < -0.39 is 12.0 Å². The molecule has 0 saturated carbocycles. The number of hydrogen-bond acceptors (Lipinski definition) is 3. The number of carbonyl (C=O) groups excluding carboxylic acids is 1. The molecule has 2 rings (SSSR count). The van der Waals surface area contributed by atoms with Crippen LogP contribution in [0.4, 0.5) is 4.39 Å². The van der Waals surface area contributed by atoms with Crippen LogP contribution in [-0.2, 0) is 16.1 Å². The number of carboxylic acid groups (broad SMARTS) is 1. The lowest BCUT2D eigenvalue weighted by molar-refractivity contribution is -0.146. The first-order valence-corrected chi connectivity index (χ1v) is 5.54. The van der Waals surface area contributed by atoms with E-state index in [0.717, 1.165) is 5.56 Å². The third kappa shape index (κ3) is 2.84. The Bertz CT molecular complexity index is 461. The van der Waals surface area contributed by atoms with Crippen LogP contribution >= 0.6 is 0 Å². The van der Waals surface area contributed by atoms with Gasteiger partial charge in [0.25, 0.3) is 0 Å². The normalized spacial score (nSPS) is 20.5. The maximum Gasteiger partial charge on any atom is 0.322 e. The molecule has 0 aliphatic carbocycles. The smallest absolute Gasteiger partial charge is 0.322 e.